The molecule has 0 atom stereocenters. The third-order valence-corrected chi connectivity index (χ3v) is 2.72. The van der Waals surface area contributed by atoms with Gasteiger partial charge in [-0.15, -0.1) is 11.3 Å². The second-order valence-electron chi connectivity index (χ2n) is 2.90. The zero-order valence-corrected chi connectivity index (χ0v) is 8.89. The van der Waals surface area contributed by atoms with Crippen molar-refractivity contribution in [3.05, 3.63) is 10.9 Å². The van der Waals surface area contributed by atoms with Gasteiger partial charge in [-0.3, -0.25) is 0 Å². The van der Waals surface area contributed by atoms with Gasteiger partial charge in [0, 0.05) is 4.88 Å². The summed E-state index contributed by atoms with van der Waals surface area (Å²) in [6.07, 6.45) is 0. The SMILES string of the molecule is CCOc1nc(N)nc2sc(C)cc12. The highest BCUT2D eigenvalue weighted by atomic mass is 32.1. The number of nitrogens with two attached hydrogens (primary N) is 1. The van der Waals surface area contributed by atoms with Crippen LogP contribution in [-0.4, -0.2) is 16.6 Å². The van der Waals surface area contributed by atoms with Gasteiger partial charge >= 0.3 is 0 Å². The fraction of sp³-hybridized carbons (Fsp3) is 0.333. The second kappa shape index (κ2) is 3.42. The average molecular weight is 209 g/mol. The molecule has 0 saturated heterocycles. The topological polar surface area (TPSA) is 61.0 Å². The van der Waals surface area contributed by atoms with Crippen molar-refractivity contribution >= 4 is 27.5 Å². The lowest BCUT2D eigenvalue weighted by Crippen LogP contribution is -1.99. The molecule has 0 aliphatic carbocycles. The van der Waals surface area contributed by atoms with E-state index in [1.807, 2.05) is 19.9 Å². The summed E-state index contributed by atoms with van der Waals surface area (Å²) in [4.78, 5) is 10.3. The van der Waals surface area contributed by atoms with Crippen LogP contribution in [0.4, 0.5) is 5.95 Å². The summed E-state index contributed by atoms with van der Waals surface area (Å²) in [7, 11) is 0. The highest BCUT2D eigenvalue weighted by Gasteiger charge is 2.09. The molecular weight excluding hydrogens is 198 g/mol. The lowest BCUT2D eigenvalue weighted by Gasteiger charge is -2.02. The van der Waals surface area contributed by atoms with Gasteiger partial charge in [0.1, 0.15) is 4.83 Å². The highest BCUT2D eigenvalue weighted by molar-refractivity contribution is 7.18. The van der Waals surface area contributed by atoms with E-state index in [2.05, 4.69) is 9.97 Å². The van der Waals surface area contributed by atoms with E-state index in [9.17, 15) is 0 Å². The fourth-order valence-electron chi connectivity index (χ4n) is 1.28. The average Bonchev–Trinajstić information content (AvgIpc) is 2.45. The van der Waals surface area contributed by atoms with E-state index < -0.39 is 0 Å². The summed E-state index contributed by atoms with van der Waals surface area (Å²) < 4.78 is 5.39. The Hall–Kier alpha value is -1.36. The van der Waals surface area contributed by atoms with E-state index in [1.54, 1.807) is 11.3 Å². The Kier molecular flexibility index (Phi) is 2.25. The Labute approximate surface area is 85.7 Å². The number of thiophene rings is 1. The predicted molar refractivity (Wildman–Crippen MR) is 57.7 cm³/mol. The third kappa shape index (κ3) is 1.50. The summed E-state index contributed by atoms with van der Waals surface area (Å²) in [5.41, 5.74) is 5.57. The number of hydrogen-bond donors (Lipinski definition) is 1. The Morgan fingerprint density at radius 3 is 3.00 bits per heavy atom. The van der Waals surface area contributed by atoms with Crippen molar-refractivity contribution in [3.8, 4) is 5.88 Å². The van der Waals surface area contributed by atoms with E-state index in [4.69, 9.17) is 10.5 Å². The molecule has 0 radical (unpaired) electrons. The van der Waals surface area contributed by atoms with Crippen LogP contribution in [0.15, 0.2) is 6.07 Å². The Morgan fingerprint density at radius 2 is 2.29 bits per heavy atom. The van der Waals surface area contributed by atoms with Gasteiger partial charge in [0.25, 0.3) is 0 Å². The van der Waals surface area contributed by atoms with Gasteiger partial charge in [0.2, 0.25) is 11.8 Å². The molecule has 2 rings (SSSR count). The number of aromatic nitrogens is 2. The number of anilines is 1. The largest absolute Gasteiger partial charge is 0.477 e. The van der Waals surface area contributed by atoms with Crippen LogP contribution in [0.3, 0.4) is 0 Å². The molecule has 5 heteroatoms. The Bertz CT molecular complexity index is 466. The minimum absolute atomic E-state index is 0.266. The molecule has 0 amide bonds. The maximum Gasteiger partial charge on any atom is 0.227 e. The van der Waals surface area contributed by atoms with E-state index in [0.717, 1.165) is 10.2 Å². The molecule has 0 spiro atoms. The molecule has 0 saturated carbocycles. The Morgan fingerprint density at radius 1 is 1.50 bits per heavy atom. The smallest absolute Gasteiger partial charge is 0.227 e. The minimum Gasteiger partial charge on any atom is -0.477 e. The van der Waals surface area contributed by atoms with Gasteiger partial charge in [-0.25, -0.2) is 4.98 Å². The molecule has 2 aromatic rings. The van der Waals surface area contributed by atoms with Crippen molar-refractivity contribution in [2.45, 2.75) is 13.8 Å². The first kappa shape index (κ1) is 9.21. The first-order valence-electron chi connectivity index (χ1n) is 4.37. The van der Waals surface area contributed by atoms with Crippen molar-refractivity contribution < 1.29 is 4.74 Å². The zero-order chi connectivity index (χ0) is 10.1. The lowest BCUT2D eigenvalue weighted by atomic mass is 10.3. The van der Waals surface area contributed by atoms with Crippen molar-refractivity contribution in [1.29, 1.82) is 0 Å². The molecule has 14 heavy (non-hydrogen) atoms. The summed E-state index contributed by atoms with van der Waals surface area (Å²) in [6.45, 7) is 4.53. The van der Waals surface area contributed by atoms with Crippen LogP contribution in [0.5, 0.6) is 5.88 Å². The van der Waals surface area contributed by atoms with Crippen molar-refractivity contribution in [3.63, 3.8) is 0 Å². The Balaban J connectivity index is 2.66. The highest BCUT2D eigenvalue weighted by Crippen LogP contribution is 2.30. The third-order valence-electron chi connectivity index (χ3n) is 1.78. The van der Waals surface area contributed by atoms with E-state index in [-0.39, 0.29) is 5.95 Å². The van der Waals surface area contributed by atoms with Gasteiger partial charge in [-0.2, -0.15) is 4.98 Å². The lowest BCUT2D eigenvalue weighted by molar-refractivity contribution is 0.331. The standard InChI is InChI=1S/C9H11N3OS/c1-3-13-7-6-4-5(2)14-8(6)12-9(10)11-7/h4H,3H2,1-2H3,(H2,10,11,12). The van der Waals surface area contributed by atoms with Gasteiger partial charge in [-0.05, 0) is 19.9 Å². The number of rotatable bonds is 2. The number of hydrogen-bond acceptors (Lipinski definition) is 5. The molecule has 0 aliphatic rings. The first-order chi connectivity index (χ1) is 6.70. The number of aryl methyl sites for hydroxylation is 1. The summed E-state index contributed by atoms with van der Waals surface area (Å²) >= 11 is 1.60. The predicted octanol–water partition coefficient (Wildman–Crippen LogP) is 1.98. The molecule has 0 fully saturated rings. The normalized spacial score (nSPS) is 10.7. The molecule has 2 aromatic heterocycles. The molecule has 0 aliphatic heterocycles. The molecular formula is C9H11N3OS. The maximum absolute atomic E-state index is 5.57. The molecule has 2 N–H and O–H groups in total. The summed E-state index contributed by atoms with van der Waals surface area (Å²) in [6, 6.07) is 2.02. The zero-order valence-electron chi connectivity index (χ0n) is 8.07. The quantitative estimate of drug-likeness (QED) is 0.821. The molecule has 0 bridgehead atoms. The van der Waals surface area contributed by atoms with E-state index >= 15 is 0 Å². The van der Waals surface area contributed by atoms with E-state index in [1.165, 1.54) is 4.88 Å². The number of nitrogens with zero attached hydrogens (tertiary/aromatic N) is 2. The number of ether oxygens (including phenoxy) is 1. The van der Waals surface area contributed by atoms with Crippen LogP contribution in [0.1, 0.15) is 11.8 Å². The minimum atomic E-state index is 0.266. The van der Waals surface area contributed by atoms with Gasteiger partial charge in [0.05, 0.1) is 12.0 Å². The van der Waals surface area contributed by atoms with Crippen LogP contribution >= 0.6 is 11.3 Å². The van der Waals surface area contributed by atoms with Crippen molar-refractivity contribution in [2.75, 3.05) is 12.3 Å². The number of fused-ring (bicyclic) bond motifs is 1. The fourth-order valence-corrected chi connectivity index (χ4v) is 2.16. The molecule has 74 valence electrons. The maximum atomic E-state index is 5.57. The van der Waals surface area contributed by atoms with Crippen LogP contribution in [0.25, 0.3) is 10.2 Å². The summed E-state index contributed by atoms with van der Waals surface area (Å²) in [5.74, 6) is 0.849. The van der Waals surface area contributed by atoms with Crippen LogP contribution < -0.4 is 10.5 Å². The molecule has 0 aromatic carbocycles. The van der Waals surface area contributed by atoms with Crippen LogP contribution in [0, 0.1) is 6.92 Å². The first-order valence-corrected chi connectivity index (χ1v) is 5.19. The monoisotopic (exact) mass is 209 g/mol. The van der Waals surface area contributed by atoms with Crippen LogP contribution in [-0.2, 0) is 0 Å². The van der Waals surface area contributed by atoms with Gasteiger partial charge in [0.15, 0.2) is 0 Å². The molecule has 2 heterocycles. The van der Waals surface area contributed by atoms with Gasteiger partial charge in [-0.1, -0.05) is 0 Å². The van der Waals surface area contributed by atoms with Gasteiger partial charge < -0.3 is 10.5 Å². The van der Waals surface area contributed by atoms with Crippen molar-refractivity contribution in [2.24, 2.45) is 0 Å². The molecule has 0 unspecified atom stereocenters. The number of nitrogen functional groups attached to an aromatic ring is 1. The molecule has 4 nitrogen and oxygen atoms in total. The van der Waals surface area contributed by atoms with E-state index in [0.29, 0.717) is 12.5 Å². The second-order valence-corrected chi connectivity index (χ2v) is 4.13. The summed E-state index contributed by atoms with van der Waals surface area (Å²) in [5, 5.41) is 0.948. The van der Waals surface area contributed by atoms with Crippen molar-refractivity contribution in [1.82, 2.24) is 9.97 Å². The van der Waals surface area contributed by atoms with Crippen LogP contribution in [0.2, 0.25) is 0 Å².